The Morgan fingerprint density at radius 2 is 0.366 bits per heavy atom. The molecule has 0 spiro atoms. The summed E-state index contributed by atoms with van der Waals surface area (Å²) in [4.78, 5) is 0. The molecule has 0 bridgehead atoms. The molecule has 0 heterocycles. The Labute approximate surface area is 263 Å². The van der Waals surface area contributed by atoms with Crippen LogP contribution < -0.4 is 0 Å². The normalized spacial score (nSPS) is 13.2. The molecule has 0 aromatic rings. The van der Waals surface area contributed by atoms with Crippen LogP contribution in [0.25, 0.3) is 0 Å². The number of hydrogen-bond acceptors (Lipinski definition) is 0. The minimum atomic E-state index is 0.963. The molecule has 2 unspecified atom stereocenters. The van der Waals surface area contributed by atoms with E-state index in [-0.39, 0.29) is 0 Å². The molecule has 0 rings (SSSR count). The summed E-state index contributed by atoms with van der Waals surface area (Å²) in [5, 5.41) is 0. The van der Waals surface area contributed by atoms with Crippen LogP contribution in [0, 0.1) is 11.8 Å². The van der Waals surface area contributed by atoms with Gasteiger partial charge in [-0.25, -0.2) is 0 Å². The van der Waals surface area contributed by atoms with Gasteiger partial charge in [-0.1, -0.05) is 252 Å². The minimum Gasteiger partial charge on any atom is -0.0654 e. The van der Waals surface area contributed by atoms with Crippen LogP contribution in [0.15, 0.2) is 0 Å². The van der Waals surface area contributed by atoms with Gasteiger partial charge in [-0.3, -0.25) is 0 Å². The summed E-state index contributed by atoms with van der Waals surface area (Å²) in [6.45, 7) is 9.64. The van der Waals surface area contributed by atoms with Crippen molar-refractivity contribution in [3.63, 3.8) is 0 Å². The van der Waals surface area contributed by atoms with E-state index in [4.69, 9.17) is 0 Å². The fourth-order valence-corrected chi connectivity index (χ4v) is 6.83. The zero-order chi connectivity index (χ0) is 29.9. The van der Waals surface area contributed by atoms with E-state index in [1.165, 1.54) is 225 Å². The van der Waals surface area contributed by atoms with E-state index in [0.717, 1.165) is 11.8 Å². The third-order valence-electron chi connectivity index (χ3n) is 9.99. The van der Waals surface area contributed by atoms with Gasteiger partial charge in [0.25, 0.3) is 0 Å². The van der Waals surface area contributed by atoms with E-state index in [1.807, 2.05) is 0 Å². The van der Waals surface area contributed by atoms with Gasteiger partial charge in [0.15, 0.2) is 0 Å². The van der Waals surface area contributed by atoms with E-state index in [1.54, 1.807) is 0 Å². The average molecular weight is 577 g/mol. The second-order valence-corrected chi connectivity index (χ2v) is 14.6. The highest BCUT2D eigenvalue weighted by molar-refractivity contribution is 4.58. The van der Waals surface area contributed by atoms with Gasteiger partial charge in [-0.2, -0.15) is 0 Å². The van der Waals surface area contributed by atoms with Gasteiger partial charge in [0.1, 0.15) is 0 Å². The lowest BCUT2D eigenvalue weighted by atomic mass is 9.95. The first-order chi connectivity index (χ1) is 20.2. The predicted molar refractivity (Wildman–Crippen MR) is 191 cm³/mol. The van der Waals surface area contributed by atoms with Crippen molar-refractivity contribution < 1.29 is 0 Å². The summed E-state index contributed by atoms with van der Waals surface area (Å²) in [5.41, 5.74) is 0. The molecule has 0 radical (unpaired) electrons. The molecule has 0 fully saturated rings. The molecule has 0 aliphatic heterocycles. The Kier molecular flexibility index (Phi) is 36.2. The lowest BCUT2D eigenvalue weighted by Crippen LogP contribution is -1.95. The van der Waals surface area contributed by atoms with Gasteiger partial charge >= 0.3 is 0 Å². The summed E-state index contributed by atoms with van der Waals surface area (Å²) >= 11 is 0. The maximum atomic E-state index is 2.51. The van der Waals surface area contributed by atoms with Crippen molar-refractivity contribution in [2.24, 2.45) is 11.8 Å². The third kappa shape index (κ3) is 36.1. The molecule has 0 amide bonds. The Balaban J connectivity index is 3.21. The van der Waals surface area contributed by atoms with Crippen molar-refractivity contribution in [3.8, 4) is 0 Å². The first-order valence-corrected chi connectivity index (χ1v) is 20.2. The van der Waals surface area contributed by atoms with Gasteiger partial charge in [0, 0.05) is 0 Å². The van der Waals surface area contributed by atoms with Crippen molar-refractivity contribution in [2.75, 3.05) is 0 Å². The number of hydrogen-bond donors (Lipinski definition) is 0. The number of rotatable bonds is 36. The fraction of sp³-hybridized carbons (Fsp3) is 1.00. The smallest absolute Gasteiger partial charge is 0.0443 e. The highest BCUT2D eigenvalue weighted by Gasteiger charge is 2.04. The molecule has 0 saturated heterocycles. The Morgan fingerprint density at radius 1 is 0.220 bits per heavy atom. The van der Waals surface area contributed by atoms with Gasteiger partial charge in [0.2, 0.25) is 0 Å². The topological polar surface area (TPSA) is 0 Å². The molecular formula is C41H84. The van der Waals surface area contributed by atoms with E-state index in [2.05, 4.69) is 27.7 Å². The minimum absolute atomic E-state index is 0.963. The first-order valence-electron chi connectivity index (χ1n) is 20.2. The van der Waals surface area contributed by atoms with Crippen LogP contribution >= 0.6 is 0 Å². The summed E-state index contributed by atoms with van der Waals surface area (Å²) in [6.07, 6.45) is 51.6. The summed E-state index contributed by atoms with van der Waals surface area (Å²) < 4.78 is 0. The maximum Gasteiger partial charge on any atom is -0.0443 e. The number of unbranched alkanes of at least 4 members (excludes halogenated alkanes) is 28. The van der Waals surface area contributed by atoms with Crippen LogP contribution in [0.4, 0.5) is 0 Å². The van der Waals surface area contributed by atoms with Crippen molar-refractivity contribution in [3.05, 3.63) is 0 Å². The van der Waals surface area contributed by atoms with E-state index < -0.39 is 0 Å². The molecule has 0 nitrogen and oxygen atoms in total. The largest absolute Gasteiger partial charge is 0.0654 e. The molecule has 0 aliphatic carbocycles. The molecule has 0 saturated carbocycles. The molecule has 0 aromatic carbocycles. The highest BCUT2D eigenvalue weighted by atomic mass is 14.1. The van der Waals surface area contributed by atoms with Gasteiger partial charge in [-0.15, -0.1) is 0 Å². The second kappa shape index (κ2) is 36.2. The monoisotopic (exact) mass is 577 g/mol. The summed E-state index contributed by atoms with van der Waals surface area (Å²) in [6, 6.07) is 0. The molecule has 2 atom stereocenters. The Morgan fingerprint density at radius 3 is 0.537 bits per heavy atom. The van der Waals surface area contributed by atoms with Gasteiger partial charge < -0.3 is 0 Å². The highest BCUT2D eigenvalue weighted by Crippen LogP contribution is 2.21. The Hall–Kier alpha value is 0. The molecule has 41 heavy (non-hydrogen) atoms. The average Bonchev–Trinajstić information content (AvgIpc) is 2.97. The third-order valence-corrected chi connectivity index (χ3v) is 9.99. The van der Waals surface area contributed by atoms with Crippen molar-refractivity contribution in [2.45, 2.75) is 252 Å². The quantitative estimate of drug-likeness (QED) is 0.0651. The lowest BCUT2D eigenvalue weighted by molar-refractivity contribution is 0.425. The van der Waals surface area contributed by atoms with Crippen molar-refractivity contribution in [1.29, 1.82) is 0 Å². The lowest BCUT2D eigenvalue weighted by Gasteiger charge is -2.11. The fourth-order valence-electron chi connectivity index (χ4n) is 6.83. The molecule has 0 aliphatic rings. The van der Waals surface area contributed by atoms with Crippen LogP contribution in [0.1, 0.15) is 252 Å². The van der Waals surface area contributed by atoms with Crippen molar-refractivity contribution >= 4 is 0 Å². The zero-order valence-electron chi connectivity index (χ0n) is 29.9. The van der Waals surface area contributed by atoms with Crippen LogP contribution in [0.3, 0.4) is 0 Å². The van der Waals surface area contributed by atoms with Crippen LogP contribution in [0.2, 0.25) is 0 Å². The summed E-state index contributed by atoms with van der Waals surface area (Å²) in [5.74, 6) is 1.93. The molecule has 248 valence electrons. The van der Waals surface area contributed by atoms with Crippen LogP contribution in [-0.2, 0) is 0 Å². The predicted octanol–water partition coefficient (Wildman–Crippen LogP) is 16.0. The van der Waals surface area contributed by atoms with Gasteiger partial charge in [0.05, 0.1) is 0 Å². The Bertz CT molecular complexity index is 439. The van der Waals surface area contributed by atoms with E-state index in [9.17, 15) is 0 Å². The maximum absolute atomic E-state index is 2.51. The van der Waals surface area contributed by atoms with E-state index >= 15 is 0 Å². The second-order valence-electron chi connectivity index (χ2n) is 14.6. The first kappa shape index (κ1) is 41.0. The molecule has 0 heteroatoms. The molecule has 0 aromatic heterocycles. The van der Waals surface area contributed by atoms with Gasteiger partial charge in [-0.05, 0) is 11.8 Å². The standard InChI is InChI=1S/C41H84/c1-5-7-9-11-13-15-16-17-18-19-21-25-29-33-37-41(4)39-35-31-27-23-20-22-26-30-34-38-40(3)36-32-28-24-14-12-10-8-6-2/h40-41H,5-39H2,1-4H3. The van der Waals surface area contributed by atoms with Crippen LogP contribution in [0.5, 0.6) is 0 Å². The van der Waals surface area contributed by atoms with Crippen LogP contribution in [-0.4, -0.2) is 0 Å². The SMILES string of the molecule is CCCCCCCCCCCCCCCCC(C)CCCCCCCCCCCC(C)CCCCCCCCCC. The summed E-state index contributed by atoms with van der Waals surface area (Å²) in [7, 11) is 0. The zero-order valence-corrected chi connectivity index (χ0v) is 29.9. The molecular weight excluding hydrogens is 492 g/mol. The van der Waals surface area contributed by atoms with E-state index in [0.29, 0.717) is 0 Å². The molecule has 0 N–H and O–H groups in total. The van der Waals surface area contributed by atoms with Crippen molar-refractivity contribution in [1.82, 2.24) is 0 Å².